The number of aromatic nitrogens is 2. The lowest BCUT2D eigenvalue weighted by Crippen LogP contribution is -2.30. The van der Waals surface area contributed by atoms with Crippen LogP contribution in [0.15, 0.2) is 27.6 Å². The van der Waals surface area contributed by atoms with Crippen molar-refractivity contribution in [3.8, 4) is 0 Å². The molecule has 2 aromatic heterocycles. The molecule has 0 aliphatic heterocycles. The van der Waals surface area contributed by atoms with E-state index < -0.39 is 0 Å². The summed E-state index contributed by atoms with van der Waals surface area (Å²) in [6.45, 7) is 3.84. The third kappa shape index (κ3) is 2.90. The van der Waals surface area contributed by atoms with E-state index in [0.29, 0.717) is 18.0 Å². The molecule has 2 aromatic rings. The first-order valence-electron chi connectivity index (χ1n) is 5.84. The van der Waals surface area contributed by atoms with Crippen LogP contribution in [0.1, 0.15) is 27.5 Å². The SMILES string of the molecule is Cc1cc(=O)c(C(=O)N(C)Cc2cc(C)on2)c[nH]1. The summed E-state index contributed by atoms with van der Waals surface area (Å²) in [6, 6.07) is 3.16. The molecule has 0 saturated heterocycles. The quantitative estimate of drug-likeness (QED) is 0.901. The fraction of sp³-hybridized carbons (Fsp3) is 0.308. The first-order chi connectivity index (χ1) is 8.97. The number of rotatable bonds is 3. The van der Waals surface area contributed by atoms with Gasteiger partial charge in [0, 0.05) is 31.1 Å². The molecule has 6 nitrogen and oxygen atoms in total. The molecule has 6 heteroatoms. The predicted octanol–water partition coefficient (Wildman–Crippen LogP) is 1.25. The second-order valence-corrected chi connectivity index (χ2v) is 4.48. The minimum absolute atomic E-state index is 0.119. The van der Waals surface area contributed by atoms with Crippen molar-refractivity contribution >= 4 is 5.91 Å². The van der Waals surface area contributed by atoms with E-state index in [1.165, 1.54) is 17.2 Å². The van der Waals surface area contributed by atoms with E-state index in [0.717, 1.165) is 5.69 Å². The molecule has 0 aliphatic carbocycles. The van der Waals surface area contributed by atoms with Crippen LogP contribution in [0.3, 0.4) is 0 Å². The molecule has 2 rings (SSSR count). The van der Waals surface area contributed by atoms with E-state index in [2.05, 4.69) is 10.1 Å². The third-order valence-electron chi connectivity index (χ3n) is 2.71. The molecule has 0 atom stereocenters. The Morgan fingerprint density at radius 1 is 1.42 bits per heavy atom. The number of hydrogen-bond donors (Lipinski definition) is 1. The van der Waals surface area contributed by atoms with Crippen LogP contribution < -0.4 is 5.43 Å². The van der Waals surface area contributed by atoms with E-state index >= 15 is 0 Å². The number of H-pyrrole nitrogens is 1. The van der Waals surface area contributed by atoms with Gasteiger partial charge in [0.25, 0.3) is 5.91 Å². The Hall–Kier alpha value is -2.37. The van der Waals surface area contributed by atoms with E-state index in [9.17, 15) is 9.59 Å². The number of amides is 1. The number of aromatic amines is 1. The minimum Gasteiger partial charge on any atom is -0.364 e. The summed E-state index contributed by atoms with van der Waals surface area (Å²) in [5.74, 6) is 0.339. The average Bonchev–Trinajstić information content (AvgIpc) is 2.74. The molecule has 2 heterocycles. The standard InChI is InChI=1S/C13H15N3O3/c1-8-4-12(17)11(6-14-8)13(18)16(3)7-10-5-9(2)19-15-10/h4-6H,7H2,1-3H3,(H,14,17). The number of nitrogens with zero attached hydrogens (tertiary/aromatic N) is 2. The number of hydrogen-bond acceptors (Lipinski definition) is 4. The van der Waals surface area contributed by atoms with Gasteiger partial charge in [-0.25, -0.2) is 0 Å². The number of pyridine rings is 1. The second kappa shape index (κ2) is 5.09. The molecule has 0 saturated carbocycles. The fourth-order valence-electron chi connectivity index (χ4n) is 1.75. The van der Waals surface area contributed by atoms with Gasteiger partial charge in [-0.2, -0.15) is 0 Å². The van der Waals surface area contributed by atoms with Gasteiger partial charge >= 0.3 is 0 Å². The Balaban J connectivity index is 2.17. The van der Waals surface area contributed by atoms with Gasteiger partial charge in [0.1, 0.15) is 17.0 Å². The maximum atomic E-state index is 12.1. The molecule has 0 aromatic carbocycles. The highest BCUT2D eigenvalue weighted by Crippen LogP contribution is 2.06. The number of aryl methyl sites for hydroxylation is 2. The average molecular weight is 261 g/mol. The summed E-state index contributed by atoms with van der Waals surface area (Å²) in [7, 11) is 1.62. The van der Waals surface area contributed by atoms with Crippen molar-refractivity contribution in [2.75, 3.05) is 7.05 Å². The van der Waals surface area contributed by atoms with Crippen molar-refractivity contribution in [3.63, 3.8) is 0 Å². The summed E-state index contributed by atoms with van der Waals surface area (Å²) in [5, 5.41) is 3.81. The molecule has 1 N–H and O–H groups in total. The van der Waals surface area contributed by atoms with Gasteiger partial charge in [0.05, 0.1) is 6.54 Å². The van der Waals surface area contributed by atoms with Gasteiger partial charge in [-0.3, -0.25) is 9.59 Å². The van der Waals surface area contributed by atoms with Crippen LogP contribution in [0.25, 0.3) is 0 Å². The number of nitrogens with one attached hydrogen (secondary N) is 1. The van der Waals surface area contributed by atoms with Gasteiger partial charge in [-0.15, -0.1) is 0 Å². The second-order valence-electron chi connectivity index (χ2n) is 4.48. The fourth-order valence-corrected chi connectivity index (χ4v) is 1.75. The molecular weight excluding hydrogens is 246 g/mol. The van der Waals surface area contributed by atoms with Crippen molar-refractivity contribution in [3.05, 3.63) is 51.3 Å². The highest BCUT2D eigenvalue weighted by Gasteiger charge is 2.16. The highest BCUT2D eigenvalue weighted by molar-refractivity contribution is 5.93. The van der Waals surface area contributed by atoms with Crippen LogP contribution in [-0.4, -0.2) is 28.0 Å². The molecule has 0 aliphatic rings. The van der Waals surface area contributed by atoms with Gasteiger partial charge in [-0.05, 0) is 13.8 Å². The van der Waals surface area contributed by atoms with Crippen molar-refractivity contribution in [1.82, 2.24) is 15.0 Å². The Bertz CT molecular complexity index is 657. The summed E-state index contributed by atoms with van der Waals surface area (Å²) < 4.78 is 4.93. The van der Waals surface area contributed by atoms with Crippen LogP contribution >= 0.6 is 0 Å². The van der Waals surface area contributed by atoms with Gasteiger partial charge in [0.2, 0.25) is 0 Å². The largest absolute Gasteiger partial charge is 0.364 e. The van der Waals surface area contributed by atoms with Crippen LogP contribution in [0.4, 0.5) is 0 Å². The molecular formula is C13H15N3O3. The Kier molecular flexibility index (Phi) is 3.50. The van der Waals surface area contributed by atoms with Gasteiger partial charge in [0.15, 0.2) is 5.43 Å². The molecule has 0 bridgehead atoms. The third-order valence-corrected chi connectivity index (χ3v) is 2.71. The van der Waals surface area contributed by atoms with E-state index in [4.69, 9.17) is 4.52 Å². The van der Waals surface area contributed by atoms with Gasteiger partial charge in [-0.1, -0.05) is 5.16 Å². The molecule has 1 amide bonds. The lowest BCUT2D eigenvalue weighted by atomic mass is 10.2. The van der Waals surface area contributed by atoms with E-state index in [1.807, 2.05) is 0 Å². The number of carbonyl (C=O) groups excluding carboxylic acids is 1. The van der Waals surface area contributed by atoms with E-state index in [-0.39, 0.29) is 16.9 Å². The molecule has 0 radical (unpaired) electrons. The predicted molar refractivity (Wildman–Crippen MR) is 68.8 cm³/mol. The van der Waals surface area contributed by atoms with Crippen LogP contribution in [0.2, 0.25) is 0 Å². The zero-order valence-corrected chi connectivity index (χ0v) is 11.1. The molecule has 100 valence electrons. The Morgan fingerprint density at radius 2 is 2.16 bits per heavy atom. The zero-order chi connectivity index (χ0) is 14.0. The van der Waals surface area contributed by atoms with Crippen LogP contribution in [-0.2, 0) is 6.54 Å². The zero-order valence-electron chi connectivity index (χ0n) is 11.1. The smallest absolute Gasteiger partial charge is 0.259 e. The molecule has 0 unspecified atom stereocenters. The first-order valence-corrected chi connectivity index (χ1v) is 5.84. The Morgan fingerprint density at radius 3 is 2.74 bits per heavy atom. The first kappa shape index (κ1) is 13.1. The van der Waals surface area contributed by atoms with Crippen LogP contribution in [0, 0.1) is 13.8 Å². The van der Waals surface area contributed by atoms with Crippen molar-refractivity contribution in [1.29, 1.82) is 0 Å². The van der Waals surface area contributed by atoms with Crippen molar-refractivity contribution in [2.45, 2.75) is 20.4 Å². The molecule has 19 heavy (non-hydrogen) atoms. The summed E-state index contributed by atoms with van der Waals surface area (Å²) in [4.78, 5) is 28.2. The van der Waals surface area contributed by atoms with Crippen molar-refractivity contribution in [2.24, 2.45) is 0 Å². The topological polar surface area (TPSA) is 79.2 Å². The lowest BCUT2D eigenvalue weighted by Gasteiger charge is -2.15. The summed E-state index contributed by atoms with van der Waals surface area (Å²) in [5.41, 5.74) is 1.20. The maximum Gasteiger partial charge on any atom is 0.259 e. The van der Waals surface area contributed by atoms with Crippen LogP contribution in [0.5, 0.6) is 0 Å². The number of carbonyl (C=O) groups is 1. The normalized spacial score (nSPS) is 10.5. The van der Waals surface area contributed by atoms with Gasteiger partial charge < -0.3 is 14.4 Å². The lowest BCUT2D eigenvalue weighted by molar-refractivity contribution is 0.0780. The molecule has 0 spiro atoms. The maximum absolute atomic E-state index is 12.1. The minimum atomic E-state index is -0.345. The Labute approximate surface area is 110 Å². The summed E-state index contributed by atoms with van der Waals surface area (Å²) in [6.07, 6.45) is 1.44. The summed E-state index contributed by atoms with van der Waals surface area (Å²) >= 11 is 0. The van der Waals surface area contributed by atoms with Crippen molar-refractivity contribution < 1.29 is 9.32 Å². The molecule has 0 fully saturated rings. The monoisotopic (exact) mass is 261 g/mol. The highest BCUT2D eigenvalue weighted by atomic mass is 16.5. The van der Waals surface area contributed by atoms with E-state index in [1.54, 1.807) is 27.0 Å².